The van der Waals surface area contributed by atoms with Crippen LogP contribution >= 0.6 is 23.2 Å². The van der Waals surface area contributed by atoms with Crippen LogP contribution in [0.2, 0.25) is 10.0 Å². The number of sulfonamides is 2. The number of benzene rings is 2. The van der Waals surface area contributed by atoms with Crippen molar-refractivity contribution in [3.63, 3.8) is 0 Å². The van der Waals surface area contributed by atoms with Gasteiger partial charge < -0.3 is 0 Å². The molecule has 0 atom stereocenters. The highest BCUT2D eigenvalue weighted by molar-refractivity contribution is 7.90. The molecule has 0 aromatic heterocycles. The Hall–Kier alpha value is -1.30. The van der Waals surface area contributed by atoms with Crippen LogP contribution in [0.4, 0.5) is 8.78 Å². The lowest BCUT2D eigenvalue weighted by Crippen LogP contribution is -2.30. The Morgan fingerprint density at radius 2 is 1.11 bits per heavy atom. The van der Waals surface area contributed by atoms with Crippen molar-refractivity contribution in [1.82, 2.24) is 9.44 Å². The number of hydrogen-bond donors (Lipinski definition) is 2. The van der Waals surface area contributed by atoms with Gasteiger partial charge in [0, 0.05) is 13.1 Å². The summed E-state index contributed by atoms with van der Waals surface area (Å²) in [5, 5.41) is -0.296. The van der Waals surface area contributed by atoms with E-state index in [1.165, 1.54) is 0 Å². The van der Waals surface area contributed by atoms with E-state index in [1.54, 1.807) is 0 Å². The fourth-order valence-electron chi connectivity index (χ4n) is 2.02. The average Bonchev–Trinajstić information content (AvgIpc) is 2.58. The predicted octanol–water partition coefficient (Wildman–Crippen LogP) is 2.92. The number of rotatable bonds is 8. The molecule has 0 saturated heterocycles. The van der Waals surface area contributed by atoms with Crippen LogP contribution in [-0.4, -0.2) is 29.9 Å². The van der Waals surface area contributed by atoms with Gasteiger partial charge in [-0.15, -0.1) is 0 Å². The summed E-state index contributed by atoms with van der Waals surface area (Å²) in [4.78, 5) is -0.840. The molecule has 6 nitrogen and oxygen atoms in total. The van der Waals surface area contributed by atoms with Crippen molar-refractivity contribution >= 4 is 43.2 Å². The largest absolute Gasteiger partial charge is 0.242 e. The molecule has 0 aliphatic carbocycles. The Morgan fingerprint density at radius 3 is 1.48 bits per heavy atom. The van der Waals surface area contributed by atoms with Crippen LogP contribution in [0.1, 0.15) is 6.42 Å². The Labute approximate surface area is 165 Å². The van der Waals surface area contributed by atoms with Crippen LogP contribution in [0, 0.1) is 11.6 Å². The molecule has 0 fully saturated rings. The molecule has 12 heteroatoms. The van der Waals surface area contributed by atoms with Crippen LogP contribution in [0.5, 0.6) is 0 Å². The summed E-state index contributed by atoms with van der Waals surface area (Å²) in [5.41, 5.74) is 0. The smallest absolute Gasteiger partial charge is 0.211 e. The molecule has 0 aliphatic rings. The Kier molecular flexibility index (Phi) is 7.17. The maximum absolute atomic E-state index is 13.2. The van der Waals surface area contributed by atoms with Gasteiger partial charge in [0.1, 0.15) is 21.4 Å². The molecule has 0 radical (unpaired) electrons. The summed E-state index contributed by atoms with van der Waals surface area (Å²) in [6, 6.07) is 5.82. The first-order valence-corrected chi connectivity index (χ1v) is 11.1. The highest BCUT2D eigenvalue weighted by Crippen LogP contribution is 2.23. The van der Waals surface area contributed by atoms with E-state index in [2.05, 4.69) is 9.44 Å². The standard InChI is InChI=1S/C15H14Cl2F2N2O4S2/c16-12-4-2-10(18)8-14(12)26(22,23)20-6-1-7-21-27(24,25)15-9-11(19)3-5-13(15)17/h2-5,8-9,20-21H,1,6-7H2. The third-order valence-electron chi connectivity index (χ3n) is 3.30. The van der Waals surface area contributed by atoms with E-state index in [-0.39, 0.29) is 29.6 Å². The highest BCUT2D eigenvalue weighted by Gasteiger charge is 2.20. The van der Waals surface area contributed by atoms with E-state index < -0.39 is 41.5 Å². The zero-order valence-corrected chi connectivity index (χ0v) is 16.7. The molecule has 0 amide bonds. The SMILES string of the molecule is O=S(=O)(NCCCNS(=O)(=O)c1cc(F)ccc1Cl)c1cc(F)ccc1Cl. The van der Waals surface area contributed by atoms with Crippen molar-refractivity contribution in [1.29, 1.82) is 0 Å². The Bertz CT molecular complexity index is 964. The molecule has 0 bridgehead atoms. The van der Waals surface area contributed by atoms with Gasteiger partial charge in [0.2, 0.25) is 20.0 Å². The van der Waals surface area contributed by atoms with E-state index in [1.807, 2.05) is 0 Å². The maximum atomic E-state index is 13.2. The van der Waals surface area contributed by atoms with Crippen LogP contribution in [-0.2, 0) is 20.0 Å². The van der Waals surface area contributed by atoms with E-state index in [4.69, 9.17) is 23.2 Å². The molecule has 27 heavy (non-hydrogen) atoms. The maximum Gasteiger partial charge on any atom is 0.242 e. The van der Waals surface area contributed by atoms with Crippen molar-refractivity contribution < 1.29 is 25.6 Å². The fourth-order valence-corrected chi connectivity index (χ4v) is 5.19. The molecular weight excluding hydrogens is 445 g/mol. The highest BCUT2D eigenvalue weighted by atomic mass is 35.5. The van der Waals surface area contributed by atoms with Gasteiger partial charge in [0.15, 0.2) is 0 Å². The van der Waals surface area contributed by atoms with E-state index in [9.17, 15) is 25.6 Å². The van der Waals surface area contributed by atoms with Crippen LogP contribution in [0.25, 0.3) is 0 Å². The predicted molar refractivity (Wildman–Crippen MR) is 97.8 cm³/mol. The monoisotopic (exact) mass is 458 g/mol. The zero-order valence-electron chi connectivity index (χ0n) is 13.5. The average molecular weight is 459 g/mol. The van der Waals surface area contributed by atoms with Crippen LogP contribution in [0.3, 0.4) is 0 Å². The van der Waals surface area contributed by atoms with Crippen molar-refractivity contribution in [3.8, 4) is 0 Å². The third-order valence-corrected chi connectivity index (χ3v) is 7.19. The number of hydrogen-bond acceptors (Lipinski definition) is 4. The van der Waals surface area contributed by atoms with Crippen molar-refractivity contribution in [3.05, 3.63) is 58.1 Å². The van der Waals surface area contributed by atoms with Gasteiger partial charge in [0.05, 0.1) is 10.0 Å². The van der Waals surface area contributed by atoms with E-state index in [0.717, 1.165) is 36.4 Å². The fraction of sp³-hybridized carbons (Fsp3) is 0.200. The van der Waals surface area contributed by atoms with Gasteiger partial charge in [0.25, 0.3) is 0 Å². The summed E-state index contributed by atoms with van der Waals surface area (Å²) in [6.07, 6.45) is 0.0678. The summed E-state index contributed by atoms with van der Waals surface area (Å²) >= 11 is 11.5. The van der Waals surface area contributed by atoms with Gasteiger partial charge >= 0.3 is 0 Å². The molecule has 0 saturated carbocycles. The lowest BCUT2D eigenvalue weighted by Gasteiger charge is -2.10. The molecule has 2 aromatic carbocycles. The second-order valence-corrected chi connectivity index (χ2v) is 9.58. The number of nitrogens with one attached hydrogen (secondary N) is 2. The van der Waals surface area contributed by atoms with Crippen molar-refractivity contribution in [2.24, 2.45) is 0 Å². The molecular formula is C15H14Cl2F2N2O4S2. The summed E-state index contributed by atoms with van der Waals surface area (Å²) in [7, 11) is -8.13. The van der Waals surface area contributed by atoms with Crippen molar-refractivity contribution in [2.45, 2.75) is 16.2 Å². The Morgan fingerprint density at radius 1 is 0.741 bits per heavy atom. The summed E-state index contributed by atoms with van der Waals surface area (Å²) in [6.45, 7) is -0.289. The second-order valence-electron chi connectivity index (χ2n) is 5.30. The van der Waals surface area contributed by atoms with Gasteiger partial charge in [-0.1, -0.05) is 23.2 Å². The first-order chi connectivity index (χ1) is 12.5. The molecule has 2 N–H and O–H groups in total. The number of halogens is 4. The van der Waals surface area contributed by atoms with Crippen LogP contribution < -0.4 is 9.44 Å². The minimum absolute atomic E-state index is 0.0678. The van der Waals surface area contributed by atoms with Gasteiger partial charge in [-0.25, -0.2) is 35.1 Å². The molecule has 0 unspecified atom stereocenters. The Balaban J connectivity index is 1.93. The minimum Gasteiger partial charge on any atom is -0.211 e. The summed E-state index contributed by atoms with van der Waals surface area (Å²) in [5.74, 6) is -1.53. The van der Waals surface area contributed by atoms with Gasteiger partial charge in [-0.3, -0.25) is 0 Å². The first-order valence-electron chi connectivity index (χ1n) is 7.42. The summed E-state index contributed by atoms with van der Waals surface area (Å²) < 4.78 is 79.2. The van der Waals surface area contributed by atoms with Gasteiger partial charge in [-0.2, -0.15) is 0 Å². The molecule has 0 aliphatic heterocycles. The molecule has 0 heterocycles. The van der Waals surface area contributed by atoms with E-state index >= 15 is 0 Å². The minimum atomic E-state index is -4.06. The topological polar surface area (TPSA) is 92.3 Å². The normalized spacial score (nSPS) is 12.3. The quantitative estimate of drug-likeness (QED) is 0.594. The lowest BCUT2D eigenvalue weighted by molar-refractivity contribution is 0.569. The lowest BCUT2D eigenvalue weighted by atomic mass is 10.3. The molecule has 148 valence electrons. The van der Waals surface area contributed by atoms with Gasteiger partial charge in [-0.05, 0) is 42.8 Å². The van der Waals surface area contributed by atoms with Crippen LogP contribution in [0.15, 0.2) is 46.2 Å². The molecule has 2 rings (SSSR count). The zero-order chi connectivity index (χ0) is 20.2. The van der Waals surface area contributed by atoms with Crippen molar-refractivity contribution in [2.75, 3.05) is 13.1 Å². The second kappa shape index (κ2) is 8.80. The van der Waals surface area contributed by atoms with E-state index in [0.29, 0.717) is 0 Å². The molecule has 0 spiro atoms. The first kappa shape index (κ1) is 22.0. The third kappa shape index (κ3) is 5.84. The molecule has 2 aromatic rings.